The fraction of sp³-hybridized carbons (Fsp3) is 0.455. The van der Waals surface area contributed by atoms with Crippen LogP contribution in [0.4, 0.5) is 0 Å². The highest BCUT2D eigenvalue weighted by Crippen LogP contribution is 2.20. The zero-order valence-electron chi connectivity index (χ0n) is 8.31. The summed E-state index contributed by atoms with van der Waals surface area (Å²) < 4.78 is 0. The number of carbonyl (C=O) groups excluding carboxylic acids is 1. The van der Waals surface area contributed by atoms with E-state index >= 15 is 0 Å². The number of unbranched alkanes of at least 4 members (excludes halogenated alkanes) is 1. The van der Waals surface area contributed by atoms with Gasteiger partial charge < -0.3 is 0 Å². The van der Waals surface area contributed by atoms with Crippen molar-refractivity contribution in [2.75, 3.05) is 6.54 Å². The average molecular weight is 190 g/mol. The third kappa shape index (κ3) is 1.50. The third-order valence-corrected chi connectivity index (χ3v) is 2.48. The highest BCUT2D eigenvalue weighted by Gasteiger charge is 2.32. The average Bonchev–Trinajstić information content (AvgIpc) is 2.54. The molecular formula is C11H14N2O. The topological polar surface area (TPSA) is 32.7 Å². The Kier molecular flexibility index (Phi) is 2.48. The first-order chi connectivity index (χ1) is 6.83. The molecule has 1 amide bonds. The number of nitrogens with zero attached hydrogens (tertiary/aromatic N) is 2. The second kappa shape index (κ2) is 3.78. The van der Waals surface area contributed by atoms with E-state index in [4.69, 9.17) is 0 Å². The summed E-state index contributed by atoms with van der Waals surface area (Å²) in [6.07, 6.45) is 9.76. The van der Waals surface area contributed by atoms with Crippen molar-refractivity contribution in [1.82, 2.24) is 5.01 Å². The zero-order valence-corrected chi connectivity index (χ0v) is 8.31. The van der Waals surface area contributed by atoms with Crippen molar-refractivity contribution in [3.8, 4) is 0 Å². The van der Waals surface area contributed by atoms with Crippen molar-refractivity contribution in [3.05, 3.63) is 24.3 Å². The van der Waals surface area contributed by atoms with E-state index in [0.717, 1.165) is 25.1 Å². The van der Waals surface area contributed by atoms with Gasteiger partial charge in [-0.1, -0.05) is 31.6 Å². The minimum Gasteiger partial charge on any atom is -0.272 e. The van der Waals surface area contributed by atoms with Crippen LogP contribution in [0.1, 0.15) is 19.8 Å². The van der Waals surface area contributed by atoms with E-state index in [-0.39, 0.29) is 11.8 Å². The molecular weight excluding hydrogens is 176 g/mol. The molecule has 0 aromatic rings. The lowest BCUT2D eigenvalue weighted by molar-refractivity contribution is -0.130. The Hall–Kier alpha value is -1.38. The van der Waals surface area contributed by atoms with Crippen LogP contribution in [-0.2, 0) is 4.79 Å². The van der Waals surface area contributed by atoms with Crippen LogP contribution in [0.5, 0.6) is 0 Å². The number of rotatable bonds is 3. The predicted octanol–water partition coefficient (Wildman–Crippen LogP) is 1.73. The standard InChI is InChI=1S/C11H14N2O/c1-2-3-8-13-11(14)9-6-4-5-7-10(9)12-13/h4-7,9H,2-3,8H2,1H3. The molecule has 74 valence electrons. The summed E-state index contributed by atoms with van der Waals surface area (Å²) in [5, 5.41) is 5.89. The molecule has 0 fully saturated rings. The lowest BCUT2D eigenvalue weighted by atomic mass is 9.99. The monoisotopic (exact) mass is 190 g/mol. The summed E-state index contributed by atoms with van der Waals surface area (Å²) in [6, 6.07) is 0. The van der Waals surface area contributed by atoms with Crippen molar-refractivity contribution < 1.29 is 4.79 Å². The van der Waals surface area contributed by atoms with E-state index in [9.17, 15) is 4.79 Å². The van der Waals surface area contributed by atoms with Crippen molar-refractivity contribution >= 4 is 11.6 Å². The van der Waals surface area contributed by atoms with Crippen molar-refractivity contribution in [3.63, 3.8) is 0 Å². The van der Waals surface area contributed by atoms with Gasteiger partial charge in [0.25, 0.3) is 5.91 Å². The zero-order chi connectivity index (χ0) is 9.97. The number of hydrazone groups is 1. The number of amides is 1. The summed E-state index contributed by atoms with van der Waals surface area (Å²) in [5.41, 5.74) is 0.883. The van der Waals surface area contributed by atoms with Crippen LogP contribution in [0, 0.1) is 5.92 Å². The molecule has 1 atom stereocenters. The fourth-order valence-electron chi connectivity index (χ4n) is 1.65. The molecule has 3 nitrogen and oxygen atoms in total. The van der Waals surface area contributed by atoms with Crippen molar-refractivity contribution in [2.24, 2.45) is 11.0 Å². The van der Waals surface area contributed by atoms with Crippen LogP contribution in [0.25, 0.3) is 0 Å². The molecule has 2 aliphatic rings. The first-order valence-corrected chi connectivity index (χ1v) is 5.07. The van der Waals surface area contributed by atoms with Gasteiger partial charge >= 0.3 is 0 Å². The van der Waals surface area contributed by atoms with Gasteiger partial charge in [-0.05, 0) is 12.5 Å². The van der Waals surface area contributed by atoms with E-state index in [1.54, 1.807) is 5.01 Å². The van der Waals surface area contributed by atoms with Crippen LogP contribution < -0.4 is 0 Å². The van der Waals surface area contributed by atoms with Crippen LogP contribution in [0.3, 0.4) is 0 Å². The molecule has 1 unspecified atom stereocenters. The number of carbonyl (C=O) groups is 1. The largest absolute Gasteiger partial charge is 0.272 e. The molecule has 14 heavy (non-hydrogen) atoms. The summed E-state index contributed by atoms with van der Waals surface area (Å²) in [6.45, 7) is 2.86. The number of fused-ring (bicyclic) bond motifs is 1. The minimum absolute atomic E-state index is 0.114. The molecule has 0 saturated carbocycles. The van der Waals surface area contributed by atoms with Crippen LogP contribution in [-0.4, -0.2) is 23.2 Å². The van der Waals surface area contributed by atoms with Gasteiger partial charge in [-0.25, -0.2) is 5.01 Å². The summed E-state index contributed by atoms with van der Waals surface area (Å²) in [4.78, 5) is 11.8. The minimum atomic E-state index is -0.114. The maximum Gasteiger partial charge on any atom is 0.255 e. The molecule has 0 aromatic heterocycles. The Morgan fingerprint density at radius 2 is 2.36 bits per heavy atom. The van der Waals surface area contributed by atoms with Gasteiger partial charge in [-0.3, -0.25) is 4.79 Å². The Bertz CT molecular complexity index is 328. The molecule has 0 aromatic carbocycles. The summed E-state index contributed by atoms with van der Waals surface area (Å²) in [7, 11) is 0. The second-order valence-corrected chi connectivity index (χ2v) is 3.56. The van der Waals surface area contributed by atoms with Gasteiger partial charge in [-0.15, -0.1) is 0 Å². The number of hydrogen-bond acceptors (Lipinski definition) is 2. The normalized spacial score (nSPS) is 24.1. The van der Waals surface area contributed by atoms with Crippen LogP contribution in [0.2, 0.25) is 0 Å². The van der Waals surface area contributed by atoms with Gasteiger partial charge in [0.1, 0.15) is 5.92 Å². The molecule has 1 heterocycles. The molecule has 0 bridgehead atoms. The fourth-order valence-corrected chi connectivity index (χ4v) is 1.65. The third-order valence-electron chi connectivity index (χ3n) is 2.48. The first kappa shape index (κ1) is 9.19. The first-order valence-electron chi connectivity index (χ1n) is 5.07. The Morgan fingerprint density at radius 3 is 3.07 bits per heavy atom. The second-order valence-electron chi connectivity index (χ2n) is 3.56. The number of allylic oxidation sites excluding steroid dienone is 3. The van der Waals surface area contributed by atoms with E-state index in [1.165, 1.54) is 0 Å². The molecule has 0 N–H and O–H groups in total. The van der Waals surface area contributed by atoms with Crippen LogP contribution >= 0.6 is 0 Å². The van der Waals surface area contributed by atoms with E-state index in [0.29, 0.717) is 0 Å². The van der Waals surface area contributed by atoms with E-state index < -0.39 is 0 Å². The Labute approximate surface area is 83.8 Å². The summed E-state index contributed by atoms with van der Waals surface area (Å²) >= 11 is 0. The smallest absolute Gasteiger partial charge is 0.255 e. The predicted molar refractivity (Wildman–Crippen MR) is 55.8 cm³/mol. The number of hydrogen-bond donors (Lipinski definition) is 0. The van der Waals surface area contributed by atoms with Gasteiger partial charge in [0.05, 0.1) is 5.71 Å². The molecule has 1 aliphatic heterocycles. The van der Waals surface area contributed by atoms with Crippen molar-refractivity contribution in [2.45, 2.75) is 19.8 Å². The van der Waals surface area contributed by atoms with E-state index in [1.807, 2.05) is 24.3 Å². The maximum absolute atomic E-state index is 11.8. The Morgan fingerprint density at radius 1 is 1.50 bits per heavy atom. The quantitative estimate of drug-likeness (QED) is 0.667. The lowest BCUT2D eigenvalue weighted by Crippen LogP contribution is -2.27. The molecule has 1 aliphatic carbocycles. The Balaban J connectivity index is 2.09. The molecule has 0 saturated heterocycles. The molecule has 2 rings (SSSR count). The van der Waals surface area contributed by atoms with E-state index in [2.05, 4.69) is 12.0 Å². The SMILES string of the molecule is CCCCN1N=C2C=CC=CC2C1=O. The van der Waals surface area contributed by atoms with Crippen LogP contribution in [0.15, 0.2) is 29.4 Å². The van der Waals surface area contributed by atoms with Gasteiger partial charge in [0, 0.05) is 6.54 Å². The van der Waals surface area contributed by atoms with Gasteiger partial charge in [0.15, 0.2) is 0 Å². The van der Waals surface area contributed by atoms with Gasteiger partial charge in [0.2, 0.25) is 0 Å². The highest BCUT2D eigenvalue weighted by atomic mass is 16.2. The van der Waals surface area contributed by atoms with Gasteiger partial charge in [-0.2, -0.15) is 5.10 Å². The molecule has 0 spiro atoms. The lowest BCUT2D eigenvalue weighted by Gasteiger charge is -2.11. The molecule has 3 heteroatoms. The highest BCUT2D eigenvalue weighted by molar-refractivity contribution is 6.15. The van der Waals surface area contributed by atoms with Crippen molar-refractivity contribution in [1.29, 1.82) is 0 Å². The summed E-state index contributed by atoms with van der Waals surface area (Å²) in [5.74, 6) is 0.00547. The maximum atomic E-state index is 11.8. The molecule has 0 radical (unpaired) electrons.